The van der Waals surface area contributed by atoms with Gasteiger partial charge in [0.15, 0.2) is 0 Å². The lowest BCUT2D eigenvalue weighted by molar-refractivity contribution is -0.870. The van der Waals surface area contributed by atoms with E-state index in [0.29, 0.717) is 17.4 Å². The molecule has 0 aliphatic heterocycles. The lowest BCUT2D eigenvalue weighted by Gasteiger charge is -2.30. The number of nitrogens with zero attached hydrogens (tertiary/aromatic N) is 1. The van der Waals surface area contributed by atoms with E-state index in [9.17, 15) is 19.0 Å². The molecule has 3 unspecified atom stereocenters. The molecule has 9 nitrogen and oxygen atoms in total. The zero-order valence-electron chi connectivity index (χ0n) is 51.8. The number of esters is 1. The van der Waals surface area contributed by atoms with E-state index < -0.39 is 26.6 Å². The van der Waals surface area contributed by atoms with Crippen molar-refractivity contribution in [1.82, 2.24) is 5.32 Å². The number of allylic oxidation sites excluding steroid dienone is 17. The van der Waals surface area contributed by atoms with Crippen molar-refractivity contribution in [2.45, 2.75) is 277 Å². The molecule has 0 aromatic carbocycles. The van der Waals surface area contributed by atoms with Crippen molar-refractivity contribution in [1.29, 1.82) is 0 Å². The van der Waals surface area contributed by atoms with E-state index in [1.165, 1.54) is 135 Å². The van der Waals surface area contributed by atoms with Crippen LogP contribution in [0.15, 0.2) is 109 Å². The predicted molar refractivity (Wildman–Crippen MR) is 339 cm³/mol. The fraction of sp³-hybridized carbons (Fsp3) is 0.710. The minimum atomic E-state index is -4.72. The van der Waals surface area contributed by atoms with Gasteiger partial charge in [0, 0.05) is 12.8 Å². The maximum atomic E-state index is 13.5. The normalized spacial score (nSPS) is 14.4. The van der Waals surface area contributed by atoms with Crippen LogP contribution in [0.25, 0.3) is 0 Å². The van der Waals surface area contributed by atoms with Crippen LogP contribution in [0.3, 0.4) is 0 Å². The van der Waals surface area contributed by atoms with Gasteiger partial charge in [0.25, 0.3) is 7.82 Å². The molecule has 10 heteroatoms. The van der Waals surface area contributed by atoms with Gasteiger partial charge in [-0.2, -0.15) is 0 Å². The number of quaternary nitrogens is 1. The van der Waals surface area contributed by atoms with E-state index in [1.54, 1.807) is 0 Å². The summed E-state index contributed by atoms with van der Waals surface area (Å²) in [6.07, 6.45) is 79.4. The number of likely N-dealkylation sites (N-methyl/N-ethyl adjacent to an activating group) is 1. The Bertz CT molecular complexity index is 1720. The highest BCUT2D eigenvalue weighted by molar-refractivity contribution is 7.45. The summed E-state index contributed by atoms with van der Waals surface area (Å²) in [7, 11) is 1.13. The molecule has 79 heavy (non-hydrogen) atoms. The second kappa shape index (κ2) is 57.9. The minimum absolute atomic E-state index is 0.0406. The van der Waals surface area contributed by atoms with Gasteiger partial charge in [-0.3, -0.25) is 14.2 Å². The molecule has 1 N–H and O–H groups in total. The van der Waals surface area contributed by atoms with E-state index in [-0.39, 0.29) is 31.3 Å². The van der Waals surface area contributed by atoms with Crippen molar-refractivity contribution < 1.29 is 37.3 Å². The van der Waals surface area contributed by atoms with Crippen LogP contribution in [0, 0.1) is 0 Å². The van der Waals surface area contributed by atoms with Gasteiger partial charge in [-0.25, -0.2) is 0 Å². The number of amides is 1. The maximum absolute atomic E-state index is 13.5. The van der Waals surface area contributed by atoms with Gasteiger partial charge in [-0.05, 0) is 102 Å². The molecule has 3 atom stereocenters. The molecule has 0 saturated heterocycles. The molecule has 0 saturated carbocycles. The molecule has 0 aromatic rings. The highest BCUT2D eigenvalue weighted by atomic mass is 31.2. The van der Waals surface area contributed by atoms with E-state index in [1.807, 2.05) is 45.4 Å². The summed E-state index contributed by atoms with van der Waals surface area (Å²) in [5, 5.41) is 2.98. The first-order valence-corrected chi connectivity index (χ1v) is 33.7. The van der Waals surface area contributed by atoms with Crippen LogP contribution < -0.4 is 10.2 Å². The molecule has 0 rings (SSSR count). The molecule has 0 aliphatic rings. The highest BCUT2D eigenvalue weighted by Gasteiger charge is 2.27. The fourth-order valence-electron chi connectivity index (χ4n) is 8.75. The van der Waals surface area contributed by atoms with Crippen molar-refractivity contribution in [2.75, 3.05) is 40.9 Å². The topological polar surface area (TPSA) is 114 Å². The van der Waals surface area contributed by atoms with Crippen LogP contribution in [0.2, 0.25) is 0 Å². The molecular formula is C69H121N2O7P. The molecule has 0 bridgehead atoms. The van der Waals surface area contributed by atoms with Crippen LogP contribution in [0.4, 0.5) is 0 Å². The quantitative estimate of drug-likeness (QED) is 0.0212. The lowest BCUT2D eigenvalue weighted by atomic mass is 10.0. The lowest BCUT2D eigenvalue weighted by Crippen LogP contribution is -2.47. The van der Waals surface area contributed by atoms with Crippen molar-refractivity contribution in [3.05, 3.63) is 109 Å². The fourth-order valence-corrected chi connectivity index (χ4v) is 9.47. The molecule has 0 radical (unpaired) electrons. The highest BCUT2D eigenvalue weighted by Crippen LogP contribution is 2.38. The molecule has 0 fully saturated rings. The van der Waals surface area contributed by atoms with Crippen molar-refractivity contribution >= 4 is 19.7 Å². The number of rotatable bonds is 57. The summed E-state index contributed by atoms with van der Waals surface area (Å²) < 4.78 is 30.3. The third kappa shape index (κ3) is 59.1. The van der Waals surface area contributed by atoms with Gasteiger partial charge >= 0.3 is 5.97 Å². The Morgan fingerprint density at radius 1 is 0.456 bits per heavy atom. The van der Waals surface area contributed by atoms with Crippen molar-refractivity contribution in [3.8, 4) is 0 Å². The standard InChI is InChI=1S/C69H121N2O7P/c1-7-10-13-16-19-22-25-27-29-31-33-34-35-36-38-40-42-44-47-50-53-56-59-62-69(73)78-67(60-57-54-51-48-45-24-21-18-15-12-9-3)66(65-77-79(74,75)76-64-63-71(4,5)6)70-68(72)61-58-55-52-49-46-43-41-39-37-32-30-28-26-23-20-17-14-11-8-2/h11,14,19-20,22-23,27-30,37,39,43,46,52,55,57,60,66-67H,7-10,12-13,15-18,21,24-26,31-36,38,40-42,44-45,47-51,53-54,56,58-59,61-65H2,1-6H3,(H-,70,72,74,75)/b14-11-,22-19-,23-20-,29-27-,30-28-,39-37-,46-43-,55-52-,60-57+. The summed E-state index contributed by atoms with van der Waals surface area (Å²) in [6.45, 7) is 6.64. The summed E-state index contributed by atoms with van der Waals surface area (Å²) in [5.74, 6) is -0.643. The van der Waals surface area contributed by atoms with Gasteiger partial charge < -0.3 is 28.5 Å². The summed E-state index contributed by atoms with van der Waals surface area (Å²) in [6, 6.07) is -0.935. The summed E-state index contributed by atoms with van der Waals surface area (Å²) >= 11 is 0. The number of nitrogens with one attached hydrogen (secondary N) is 1. The molecular weight excluding hydrogens is 1000 g/mol. The number of carbonyl (C=O) groups excluding carboxylic acids is 2. The maximum Gasteiger partial charge on any atom is 0.306 e. The Morgan fingerprint density at radius 3 is 1.27 bits per heavy atom. The molecule has 1 amide bonds. The molecule has 0 spiro atoms. The van der Waals surface area contributed by atoms with E-state index in [2.05, 4.69) is 111 Å². The van der Waals surface area contributed by atoms with Gasteiger partial charge in [0.05, 0.1) is 33.8 Å². The average Bonchev–Trinajstić information content (AvgIpc) is 3.41. The Kier molecular flexibility index (Phi) is 55.4. The van der Waals surface area contributed by atoms with Crippen LogP contribution in [-0.2, 0) is 27.9 Å². The van der Waals surface area contributed by atoms with Crippen molar-refractivity contribution in [3.63, 3.8) is 0 Å². The largest absolute Gasteiger partial charge is 0.756 e. The SMILES string of the molecule is CC/C=C\C/C=C\C/C=C\C/C=C\C/C=C\C/C=C\CCC(=O)NC(COP(=O)([O-])OCC[N+](C)(C)C)C(/C=C/CCCCCCCCCCC)OC(=O)CCCCCCCCCCCCCCC/C=C\C/C=C\CCCCC. The second-order valence-electron chi connectivity index (χ2n) is 22.5. The predicted octanol–water partition coefficient (Wildman–Crippen LogP) is 19.5. The third-order valence-electron chi connectivity index (χ3n) is 13.7. The Morgan fingerprint density at radius 2 is 0.823 bits per heavy atom. The Hall–Kier alpha value is -3.33. The second-order valence-corrected chi connectivity index (χ2v) is 23.9. The van der Waals surface area contributed by atoms with Crippen LogP contribution in [-0.4, -0.2) is 69.4 Å². The Balaban J connectivity index is 5.24. The number of phosphoric acid groups is 1. The minimum Gasteiger partial charge on any atom is -0.756 e. The first kappa shape index (κ1) is 75.7. The van der Waals surface area contributed by atoms with E-state index in [0.717, 1.165) is 89.9 Å². The smallest absolute Gasteiger partial charge is 0.306 e. The molecule has 0 heterocycles. The summed E-state index contributed by atoms with van der Waals surface area (Å²) in [4.78, 5) is 40.0. The number of unbranched alkanes of at least 4 members (excludes halogenated alkanes) is 25. The van der Waals surface area contributed by atoms with Crippen LogP contribution in [0.1, 0.15) is 265 Å². The number of phosphoric ester groups is 1. The first-order chi connectivity index (χ1) is 38.4. The van der Waals surface area contributed by atoms with Crippen molar-refractivity contribution in [2.24, 2.45) is 0 Å². The third-order valence-corrected chi connectivity index (χ3v) is 14.7. The van der Waals surface area contributed by atoms with E-state index >= 15 is 0 Å². The van der Waals surface area contributed by atoms with Crippen LogP contribution in [0.5, 0.6) is 0 Å². The number of carbonyl (C=O) groups is 2. The molecule has 0 aliphatic carbocycles. The number of hydrogen-bond acceptors (Lipinski definition) is 7. The monoisotopic (exact) mass is 1120 g/mol. The first-order valence-electron chi connectivity index (χ1n) is 32.2. The molecule has 0 aromatic heterocycles. The van der Waals surface area contributed by atoms with Gasteiger partial charge in [0.1, 0.15) is 19.3 Å². The average molecular weight is 1120 g/mol. The van der Waals surface area contributed by atoms with Gasteiger partial charge in [-0.1, -0.05) is 259 Å². The van der Waals surface area contributed by atoms with E-state index in [4.69, 9.17) is 13.8 Å². The number of hydrogen-bond donors (Lipinski definition) is 1. The summed E-state index contributed by atoms with van der Waals surface area (Å²) in [5.41, 5.74) is 0. The van der Waals surface area contributed by atoms with Gasteiger partial charge in [-0.15, -0.1) is 0 Å². The number of ether oxygens (including phenoxy) is 1. The Labute approximate surface area is 487 Å². The molecule has 454 valence electrons. The van der Waals surface area contributed by atoms with Gasteiger partial charge in [0.2, 0.25) is 5.91 Å². The zero-order chi connectivity index (χ0) is 57.9. The zero-order valence-corrected chi connectivity index (χ0v) is 52.7. The van der Waals surface area contributed by atoms with Crippen LogP contribution >= 0.6 is 7.82 Å².